The fourth-order valence-electron chi connectivity index (χ4n) is 0.406. The number of hydrogen-bond acceptors (Lipinski definition) is 3. The number of rotatable bonds is 3. The summed E-state index contributed by atoms with van der Waals surface area (Å²) >= 11 is -2.09. The van der Waals surface area contributed by atoms with Gasteiger partial charge in [0.1, 0.15) is 0 Å². The average molecular weight is 160 g/mol. The summed E-state index contributed by atoms with van der Waals surface area (Å²) in [6.45, 7) is 1.71. The Bertz CT molecular complexity index is 175. The second kappa shape index (κ2) is 5.20. The zero-order valence-electron chi connectivity index (χ0n) is 5.96. The van der Waals surface area contributed by atoms with Crippen molar-refractivity contribution in [3.8, 4) is 0 Å². The van der Waals surface area contributed by atoms with Gasteiger partial charge >= 0.3 is 0 Å². The monoisotopic (exact) mass is 160 g/mol. The molecule has 1 N–H and O–H groups in total. The lowest BCUT2D eigenvalue weighted by atomic mass is 10.3. The van der Waals surface area contributed by atoms with Crippen LogP contribution in [0.15, 0.2) is 23.3 Å². The molecule has 0 bridgehead atoms. The highest BCUT2D eigenvalue weighted by molar-refractivity contribution is 7.82. The molecule has 0 saturated carbocycles. The van der Waals surface area contributed by atoms with Gasteiger partial charge in [-0.1, -0.05) is 0 Å². The largest absolute Gasteiger partial charge is 0.769 e. The van der Waals surface area contributed by atoms with Crippen LogP contribution < -0.4 is 5.32 Å². The Kier molecular flexibility index (Phi) is 4.88. The number of allylic oxidation sites excluding steroid dienone is 2. The van der Waals surface area contributed by atoms with Crippen molar-refractivity contribution in [3.63, 3.8) is 0 Å². The van der Waals surface area contributed by atoms with E-state index in [9.17, 15) is 8.76 Å². The summed E-state index contributed by atoms with van der Waals surface area (Å²) in [6.07, 6.45) is 3.34. The van der Waals surface area contributed by atoms with Crippen LogP contribution in [0.4, 0.5) is 0 Å². The Balaban J connectivity index is 3.94. The third-order valence-corrected chi connectivity index (χ3v) is 1.36. The van der Waals surface area contributed by atoms with Gasteiger partial charge in [0.15, 0.2) is 0 Å². The lowest BCUT2D eigenvalue weighted by Gasteiger charge is -1.96. The maximum absolute atomic E-state index is 10.0. The standard InChI is InChI=1S/C6H11NO2S/c1-6(3-4-7-2)5-10(8)9/h3-5,7H,1-2H3,(H,8,9)/p-1. The molecule has 0 spiro atoms. The van der Waals surface area contributed by atoms with Crippen molar-refractivity contribution < 1.29 is 8.76 Å². The zero-order chi connectivity index (χ0) is 7.98. The maximum Gasteiger partial charge on any atom is 0.00277 e. The highest BCUT2D eigenvalue weighted by Gasteiger charge is 1.78. The molecule has 0 heterocycles. The summed E-state index contributed by atoms with van der Waals surface area (Å²) in [4.78, 5) is 0. The summed E-state index contributed by atoms with van der Waals surface area (Å²) in [5, 5.41) is 3.90. The van der Waals surface area contributed by atoms with Crippen LogP contribution in [0.5, 0.6) is 0 Å². The minimum Gasteiger partial charge on any atom is -0.769 e. The van der Waals surface area contributed by atoms with Crippen LogP contribution in [0.1, 0.15) is 6.92 Å². The van der Waals surface area contributed by atoms with Crippen molar-refractivity contribution in [3.05, 3.63) is 23.3 Å². The molecular formula is C6H10NO2S-. The molecule has 0 amide bonds. The molecule has 1 atom stereocenters. The predicted molar refractivity (Wildman–Crippen MR) is 40.9 cm³/mol. The van der Waals surface area contributed by atoms with E-state index in [1.807, 2.05) is 0 Å². The Labute approximate surface area is 63.1 Å². The summed E-state index contributed by atoms with van der Waals surface area (Å²) in [5.74, 6) is 0. The molecular weight excluding hydrogens is 150 g/mol. The third-order valence-electron chi connectivity index (χ3n) is 0.795. The highest BCUT2D eigenvalue weighted by Crippen LogP contribution is 1.94. The van der Waals surface area contributed by atoms with Gasteiger partial charge in [-0.05, 0) is 41.3 Å². The van der Waals surface area contributed by atoms with Gasteiger partial charge in [-0.25, -0.2) is 0 Å². The number of hydrogen-bond donors (Lipinski definition) is 1. The van der Waals surface area contributed by atoms with Crippen molar-refractivity contribution in [2.24, 2.45) is 0 Å². The molecule has 0 aliphatic rings. The Morgan fingerprint density at radius 1 is 1.70 bits per heavy atom. The molecule has 0 fully saturated rings. The molecule has 58 valence electrons. The first-order valence-electron chi connectivity index (χ1n) is 2.77. The molecule has 0 radical (unpaired) electrons. The van der Waals surface area contributed by atoms with Crippen molar-refractivity contribution in [1.29, 1.82) is 0 Å². The SMILES string of the molecule is CNC=CC(C)=CS(=O)[O-]. The lowest BCUT2D eigenvalue weighted by Crippen LogP contribution is -1.91. The normalized spacial score (nSPS) is 15.7. The fraction of sp³-hybridized carbons (Fsp3) is 0.333. The fourth-order valence-corrected chi connectivity index (χ4v) is 0.788. The van der Waals surface area contributed by atoms with E-state index in [4.69, 9.17) is 0 Å². The molecule has 1 unspecified atom stereocenters. The minimum atomic E-state index is -2.09. The van der Waals surface area contributed by atoms with Crippen LogP contribution in [0, 0.1) is 0 Å². The first-order valence-corrected chi connectivity index (χ1v) is 3.91. The molecule has 0 aromatic carbocycles. The minimum absolute atomic E-state index is 0.697. The Morgan fingerprint density at radius 3 is 2.70 bits per heavy atom. The topological polar surface area (TPSA) is 52.2 Å². The summed E-state index contributed by atoms with van der Waals surface area (Å²) < 4.78 is 20.1. The van der Waals surface area contributed by atoms with Crippen LogP contribution in [0.25, 0.3) is 0 Å². The van der Waals surface area contributed by atoms with Gasteiger partial charge in [0, 0.05) is 7.05 Å². The van der Waals surface area contributed by atoms with Crippen LogP contribution in [-0.4, -0.2) is 15.8 Å². The van der Waals surface area contributed by atoms with Crippen molar-refractivity contribution >= 4 is 11.1 Å². The van der Waals surface area contributed by atoms with E-state index < -0.39 is 11.1 Å². The van der Waals surface area contributed by atoms with Crippen LogP contribution >= 0.6 is 0 Å². The first kappa shape index (κ1) is 9.39. The van der Waals surface area contributed by atoms with Crippen LogP contribution in [-0.2, 0) is 11.1 Å². The zero-order valence-corrected chi connectivity index (χ0v) is 6.77. The van der Waals surface area contributed by atoms with Crippen molar-refractivity contribution in [1.82, 2.24) is 5.32 Å². The van der Waals surface area contributed by atoms with Crippen LogP contribution in [0.3, 0.4) is 0 Å². The van der Waals surface area contributed by atoms with Gasteiger partial charge in [-0.3, -0.25) is 4.21 Å². The van der Waals surface area contributed by atoms with E-state index in [1.165, 1.54) is 0 Å². The van der Waals surface area contributed by atoms with Gasteiger partial charge in [-0.2, -0.15) is 0 Å². The van der Waals surface area contributed by atoms with Gasteiger partial charge in [0.2, 0.25) is 0 Å². The van der Waals surface area contributed by atoms with Crippen molar-refractivity contribution in [2.45, 2.75) is 6.92 Å². The Hall–Kier alpha value is -0.610. The lowest BCUT2D eigenvalue weighted by molar-refractivity contribution is 0.546. The second-order valence-electron chi connectivity index (χ2n) is 1.74. The molecule has 10 heavy (non-hydrogen) atoms. The summed E-state index contributed by atoms with van der Waals surface area (Å²) in [6, 6.07) is 0. The maximum atomic E-state index is 10.0. The van der Waals surface area contributed by atoms with E-state index in [0.29, 0.717) is 5.57 Å². The summed E-state index contributed by atoms with van der Waals surface area (Å²) in [7, 11) is 1.75. The first-order chi connectivity index (χ1) is 4.66. The molecule has 0 aromatic heterocycles. The smallest absolute Gasteiger partial charge is 0.00277 e. The van der Waals surface area contributed by atoms with E-state index in [1.54, 1.807) is 26.2 Å². The quantitative estimate of drug-likeness (QED) is 0.483. The Morgan fingerprint density at radius 2 is 2.30 bits per heavy atom. The highest BCUT2D eigenvalue weighted by atomic mass is 32.2. The van der Waals surface area contributed by atoms with E-state index in [-0.39, 0.29) is 0 Å². The number of nitrogens with one attached hydrogen (secondary N) is 1. The van der Waals surface area contributed by atoms with Crippen molar-refractivity contribution in [2.75, 3.05) is 7.05 Å². The molecule has 0 aliphatic carbocycles. The molecule has 0 aliphatic heterocycles. The molecule has 0 rings (SSSR count). The average Bonchev–Trinajstić information content (AvgIpc) is 1.82. The summed E-state index contributed by atoms with van der Waals surface area (Å²) in [5.41, 5.74) is 0.697. The molecule has 3 nitrogen and oxygen atoms in total. The van der Waals surface area contributed by atoms with E-state index in [2.05, 4.69) is 5.32 Å². The third kappa shape index (κ3) is 5.53. The molecule has 4 heteroatoms. The van der Waals surface area contributed by atoms with E-state index in [0.717, 1.165) is 5.41 Å². The van der Waals surface area contributed by atoms with Gasteiger partial charge in [0.05, 0.1) is 0 Å². The molecule has 0 aromatic rings. The van der Waals surface area contributed by atoms with E-state index >= 15 is 0 Å². The van der Waals surface area contributed by atoms with Gasteiger partial charge in [0.25, 0.3) is 0 Å². The van der Waals surface area contributed by atoms with Gasteiger partial charge < -0.3 is 9.87 Å². The molecule has 0 saturated heterocycles. The second-order valence-corrected chi connectivity index (χ2v) is 2.50. The van der Waals surface area contributed by atoms with Gasteiger partial charge in [-0.15, -0.1) is 0 Å². The predicted octanol–water partition coefficient (Wildman–Crippen LogP) is 0.502. The van der Waals surface area contributed by atoms with Crippen LogP contribution in [0.2, 0.25) is 0 Å².